The number of nitrogens with zero attached hydrogens (tertiary/aromatic N) is 1. The Morgan fingerprint density at radius 2 is 2.11 bits per heavy atom. The minimum atomic E-state index is -0.281. The molecular formula is C14H21FN2O. The average molecular weight is 252 g/mol. The van der Waals surface area contributed by atoms with E-state index in [1.807, 2.05) is 26.8 Å². The van der Waals surface area contributed by atoms with Crippen LogP contribution in [0.5, 0.6) is 0 Å². The van der Waals surface area contributed by atoms with Crippen molar-refractivity contribution in [2.75, 3.05) is 6.54 Å². The van der Waals surface area contributed by atoms with Crippen molar-refractivity contribution in [1.29, 1.82) is 0 Å². The molecule has 1 rings (SSSR count). The van der Waals surface area contributed by atoms with Gasteiger partial charge in [0.2, 0.25) is 5.91 Å². The van der Waals surface area contributed by atoms with E-state index in [-0.39, 0.29) is 23.7 Å². The second kappa shape index (κ2) is 6.50. The van der Waals surface area contributed by atoms with E-state index in [9.17, 15) is 9.18 Å². The first-order valence-electron chi connectivity index (χ1n) is 6.24. The van der Waals surface area contributed by atoms with Crippen molar-refractivity contribution in [2.45, 2.75) is 33.4 Å². The summed E-state index contributed by atoms with van der Waals surface area (Å²) in [7, 11) is 0. The van der Waals surface area contributed by atoms with Crippen LogP contribution in [-0.2, 0) is 11.3 Å². The third-order valence-corrected chi connectivity index (χ3v) is 3.13. The highest BCUT2D eigenvalue weighted by Crippen LogP contribution is 2.11. The number of halogens is 1. The van der Waals surface area contributed by atoms with Gasteiger partial charge >= 0.3 is 0 Å². The summed E-state index contributed by atoms with van der Waals surface area (Å²) < 4.78 is 13.1. The van der Waals surface area contributed by atoms with Crippen LogP contribution in [0.4, 0.5) is 4.39 Å². The fourth-order valence-electron chi connectivity index (χ4n) is 1.71. The fourth-order valence-corrected chi connectivity index (χ4v) is 1.71. The molecule has 2 unspecified atom stereocenters. The van der Waals surface area contributed by atoms with Crippen LogP contribution in [0.25, 0.3) is 0 Å². The van der Waals surface area contributed by atoms with Gasteiger partial charge in [0.25, 0.3) is 0 Å². The maximum Gasteiger partial charge on any atom is 0.227 e. The van der Waals surface area contributed by atoms with Crippen LogP contribution >= 0.6 is 0 Å². The Kier molecular flexibility index (Phi) is 5.28. The topological polar surface area (TPSA) is 46.3 Å². The van der Waals surface area contributed by atoms with Gasteiger partial charge in [-0.3, -0.25) is 4.79 Å². The zero-order chi connectivity index (χ0) is 13.7. The third kappa shape index (κ3) is 3.81. The van der Waals surface area contributed by atoms with Crippen molar-refractivity contribution in [3.05, 3.63) is 35.6 Å². The molecule has 0 aromatic heterocycles. The van der Waals surface area contributed by atoms with Crippen LogP contribution in [0.2, 0.25) is 0 Å². The molecule has 0 saturated carbocycles. The first-order valence-corrected chi connectivity index (χ1v) is 6.24. The molecule has 0 heterocycles. The number of amides is 1. The van der Waals surface area contributed by atoms with Crippen molar-refractivity contribution in [2.24, 2.45) is 11.7 Å². The smallest absolute Gasteiger partial charge is 0.227 e. The second-order valence-electron chi connectivity index (χ2n) is 4.63. The van der Waals surface area contributed by atoms with Gasteiger partial charge in [0.1, 0.15) is 5.82 Å². The lowest BCUT2D eigenvalue weighted by Crippen LogP contribution is -2.41. The molecule has 0 fully saturated rings. The van der Waals surface area contributed by atoms with Crippen molar-refractivity contribution < 1.29 is 9.18 Å². The molecule has 0 aliphatic heterocycles. The quantitative estimate of drug-likeness (QED) is 0.873. The highest BCUT2D eigenvalue weighted by Gasteiger charge is 2.22. The Labute approximate surface area is 108 Å². The van der Waals surface area contributed by atoms with Crippen LogP contribution in [-0.4, -0.2) is 23.4 Å². The average Bonchev–Trinajstić information content (AvgIpc) is 2.34. The highest BCUT2D eigenvalue weighted by atomic mass is 19.1. The van der Waals surface area contributed by atoms with Crippen molar-refractivity contribution in [3.63, 3.8) is 0 Å². The summed E-state index contributed by atoms with van der Waals surface area (Å²) in [6, 6.07) is 6.13. The van der Waals surface area contributed by atoms with Gasteiger partial charge in [0.05, 0.1) is 5.92 Å². The molecule has 100 valence electrons. The first kappa shape index (κ1) is 14.6. The van der Waals surface area contributed by atoms with Crippen LogP contribution < -0.4 is 5.73 Å². The molecule has 0 bridgehead atoms. The molecule has 1 aromatic rings. The van der Waals surface area contributed by atoms with Gasteiger partial charge in [0, 0.05) is 19.1 Å². The van der Waals surface area contributed by atoms with Gasteiger partial charge in [-0.05, 0) is 31.5 Å². The minimum Gasteiger partial charge on any atom is -0.338 e. The van der Waals surface area contributed by atoms with E-state index in [1.54, 1.807) is 11.0 Å². The lowest BCUT2D eigenvalue weighted by atomic mass is 10.0. The predicted octanol–water partition coefficient (Wildman–Crippen LogP) is 2.16. The number of hydrogen-bond donors (Lipinski definition) is 1. The Morgan fingerprint density at radius 3 is 2.61 bits per heavy atom. The standard InChI is InChI=1S/C14H21FN2O/c1-4-17(14(18)10(2)11(3)16)9-12-6-5-7-13(15)8-12/h5-8,10-11H,4,9,16H2,1-3H3. The van der Waals surface area contributed by atoms with E-state index in [1.165, 1.54) is 12.1 Å². The van der Waals surface area contributed by atoms with Gasteiger partial charge in [-0.1, -0.05) is 19.1 Å². The summed E-state index contributed by atoms with van der Waals surface area (Å²) >= 11 is 0. The molecule has 4 heteroatoms. The van der Waals surface area contributed by atoms with Gasteiger partial charge in [-0.2, -0.15) is 0 Å². The van der Waals surface area contributed by atoms with Crippen LogP contribution in [0.1, 0.15) is 26.3 Å². The van der Waals surface area contributed by atoms with Gasteiger partial charge in [-0.25, -0.2) is 4.39 Å². The van der Waals surface area contributed by atoms with E-state index < -0.39 is 0 Å². The van der Waals surface area contributed by atoms with Gasteiger partial charge in [0.15, 0.2) is 0 Å². The normalized spacial score (nSPS) is 14.1. The number of carbonyl (C=O) groups excluding carboxylic acids is 1. The summed E-state index contributed by atoms with van der Waals surface area (Å²) in [5, 5.41) is 0. The molecule has 18 heavy (non-hydrogen) atoms. The van der Waals surface area contributed by atoms with E-state index in [2.05, 4.69) is 0 Å². The molecule has 0 aliphatic carbocycles. The molecular weight excluding hydrogens is 231 g/mol. The zero-order valence-electron chi connectivity index (χ0n) is 11.2. The second-order valence-corrected chi connectivity index (χ2v) is 4.63. The van der Waals surface area contributed by atoms with E-state index in [0.717, 1.165) is 5.56 Å². The SMILES string of the molecule is CCN(Cc1cccc(F)c1)C(=O)C(C)C(C)N. The summed E-state index contributed by atoms with van der Waals surface area (Å²) in [5.74, 6) is -0.494. The molecule has 2 atom stereocenters. The summed E-state index contributed by atoms with van der Waals surface area (Å²) in [6.45, 7) is 6.56. The van der Waals surface area contributed by atoms with E-state index in [4.69, 9.17) is 5.73 Å². The van der Waals surface area contributed by atoms with Crippen LogP contribution in [0.15, 0.2) is 24.3 Å². The Balaban J connectivity index is 2.76. The Hall–Kier alpha value is -1.42. The van der Waals surface area contributed by atoms with E-state index in [0.29, 0.717) is 13.1 Å². The molecule has 1 amide bonds. The fraction of sp³-hybridized carbons (Fsp3) is 0.500. The molecule has 3 nitrogen and oxygen atoms in total. The number of hydrogen-bond acceptors (Lipinski definition) is 2. The maximum absolute atomic E-state index is 13.1. The van der Waals surface area contributed by atoms with Crippen molar-refractivity contribution >= 4 is 5.91 Å². The summed E-state index contributed by atoms with van der Waals surface area (Å²) in [6.07, 6.45) is 0. The largest absolute Gasteiger partial charge is 0.338 e. The number of benzene rings is 1. The first-order chi connectivity index (χ1) is 8.45. The zero-order valence-corrected chi connectivity index (χ0v) is 11.2. The molecule has 1 aromatic carbocycles. The van der Waals surface area contributed by atoms with Crippen molar-refractivity contribution in [1.82, 2.24) is 4.90 Å². The van der Waals surface area contributed by atoms with Gasteiger partial charge < -0.3 is 10.6 Å². The minimum absolute atomic E-state index is 0.0109. The summed E-state index contributed by atoms with van der Waals surface area (Å²) in [5.41, 5.74) is 6.53. The maximum atomic E-state index is 13.1. The van der Waals surface area contributed by atoms with Crippen molar-refractivity contribution in [3.8, 4) is 0 Å². The Morgan fingerprint density at radius 1 is 1.44 bits per heavy atom. The van der Waals surface area contributed by atoms with Gasteiger partial charge in [-0.15, -0.1) is 0 Å². The molecule has 0 saturated heterocycles. The molecule has 0 spiro atoms. The number of carbonyl (C=O) groups is 1. The lowest BCUT2D eigenvalue weighted by Gasteiger charge is -2.26. The van der Waals surface area contributed by atoms with Crippen LogP contribution in [0, 0.1) is 11.7 Å². The van der Waals surface area contributed by atoms with Crippen LogP contribution in [0.3, 0.4) is 0 Å². The lowest BCUT2D eigenvalue weighted by molar-refractivity contribution is -0.135. The molecule has 2 N–H and O–H groups in total. The third-order valence-electron chi connectivity index (χ3n) is 3.13. The predicted molar refractivity (Wildman–Crippen MR) is 70.3 cm³/mol. The monoisotopic (exact) mass is 252 g/mol. The number of nitrogens with two attached hydrogens (primary N) is 1. The summed E-state index contributed by atoms with van der Waals surface area (Å²) in [4.78, 5) is 13.9. The Bertz CT molecular complexity index is 407. The highest BCUT2D eigenvalue weighted by molar-refractivity contribution is 5.79. The molecule has 0 radical (unpaired) electrons. The van der Waals surface area contributed by atoms with E-state index >= 15 is 0 Å². The molecule has 0 aliphatic rings. The number of rotatable bonds is 5.